The van der Waals surface area contributed by atoms with E-state index in [0.29, 0.717) is 11.3 Å². The summed E-state index contributed by atoms with van der Waals surface area (Å²) in [6, 6.07) is 2.22. The Kier molecular flexibility index (Phi) is 2.06. The van der Waals surface area contributed by atoms with E-state index >= 15 is 0 Å². The summed E-state index contributed by atoms with van der Waals surface area (Å²) in [5.74, 6) is 0.717. The highest BCUT2D eigenvalue weighted by Crippen LogP contribution is 2.62. The first-order valence-electron chi connectivity index (χ1n) is 5.99. The average Bonchev–Trinajstić information content (AvgIpc) is 3.04. The van der Waals surface area contributed by atoms with Gasteiger partial charge in [0.15, 0.2) is 0 Å². The molecule has 1 unspecified atom stereocenters. The molecule has 1 atom stereocenters. The predicted octanol–water partition coefficient (Wildman–Crippen LogP) is 2.24. The van der Waals surface area contributed by atoms with Crippen molar-refractivity contribution in [3.05, 3.63) is 29.6 Å². The number of aryl methyl sites for hydroxylation is 1. The Morgan fingerprint density at radius 3 is 3.00 bits per heavy atom. The number of rotatable bonds is 2. The van der Waals surface area contributed by atoms with Gasteiger partial charge in [-0.05, 0) is 67.2 Å². The maximum Gasteiger partial charge on any atom is 0.0302 e. The van der Waals surface area contributed by atoms with E-state index in [1.54, 1.807) is 5.56 Å². The van der Waals surface area contributed by atoms with Crippen LogP contribution in [-0.2, 0) is 6.42 Å². The van der Waals surface area contributed by atoms with Crippen LogP contribution >= 0.6 is 0 Å². The van der Waals surface area contributed by atoms with E-state index in [2.05, 4.69) is 11.1 Å². The largest absolute Gasteiger partial charge is 0.330 e. The van der Waals surface area contributed by atoms with Crippen molar-refractivity contribution in [3.63, 3.8) is 0 Å². The van der Waals surface area contributed by atoms with Crippen molar-refractivity contribution in [2.75, 3.05) is 6.54 Å². The molecule has 3 rings (SSSR count). The zero-order valence-corrected chi connectivity index (χ0v) is 9.08. The third-order valence-electron chi connectivity index (χ3n) is 4.30. The minimum absolute atomic E-state index is 0.633. The van der Waals surface area contributed by atoms with Crippen LogP contribution in [0.5, 0.6) is 0 Å². The molecule has 0 aliphatic heterocycles. The van der Waals surface area contributed by atoms with Gasteiger partial charge in [-0.2, -0.15) is 0 Å². The van der Waals surface area contributed by atoms with E-state index in [1.165, 1.54) is 31.2 Å². The molecule has 2 nitrogen and oxygen atoms in total. The van der Waals surface area contributed by atoms with Crippen LogP contribution in [0.1, 0.15) is 42.7 Å². The summed E-state index contributed by atoms with van der Waals surface area (Å²) in [4.78, 5) is 4.23. The Morgan fingerprint density at radius 2 is 2.27 bits per heavy atom. The molecule has 0 amide bonds. The smallest absolute Gasteiger partial charge is 0.0302 e. The summed E-state index contributed by atoms with van der Waals surface area (Å²) < 4.78 is 0. The normalized spacial score (nSPS) is 26.3. The second kappa shape index (κ2) is 3.31. The SMILES string of the molecule is NCCC1c2ccncc2CCC12CC2. The van der Waals surface area contributed by atoms with Crippen molar-refractivity contribution in [2.45, 2.75) is 38.0 Å². The molecule has 0 saturated heterocycles. The molecule has 1 spiro atoms. The third-order valence-corrected chi connectivity index (χ3v) is 4.30. The second-order valence-corrected chi connectivity index (χ2v) is 5.07. The van der Waals surface area contributed by atoms with Crippen LogP contribution in [0.2, 0.25) is 0 Å². The molecule has 2 aliphatic carbocycles. The van der Waals surface area contributed by atoms with Crippen molar-refractivity contribution in [3.8, 4) is 0 Å². The number of pyridine rings is 1. The number of aromatic nitrogens is 1. The van der Waals surface area contributed by atoms with E-state index in [0.717, 1.165) is 13.0 Å². The predicted molar refractivity (Wildman–Crippen MR) is 60.6 cm³/mol. The van der Waals surface area contributed by atoms with Gasteiger partial charge in [0.25, 0.3) is 0 Å². The van der Waals surface area contributed by atoms with Crippen molar-refractivity contribution in [1.29, 1.82) is 0 Å². The molecule has 1 saturated carbocycles. The van der Waals surface area contributed by atoms with E-state index in [-0.39, 0.29) is 0 Å². The first kappa shape index (κ1) is 9.34. The van der Waals surface area contributed by atoms with Crippen LogP contribution in [0.15, 0.2) is 18.5 Å². The van der Waals surface area contributed by atoms with E-state index in [4.69, 9.17) is 5.73 Å². The molecule has 15 heavy (non-hydrogen) atoms. The third kappa shape index (κ3) is 1.39. The number of hydrogen-bond acceptors (Lipinski definition) is 2. The van der Waals surface area contributed by atoms with Crippen molar-refractivity contribution >= 4 is 0 Å². The molecule has 1 heterocycles. The summed E-state index contributed by atoms with van der Waals surface area (Å²) in [5.41, 5.74) is 9.39. The molecule has 0 radical (unpaired) electrons. The van der Waals surface area contributed by atoms with E-state index in [9.17, 15) is 0 Å². The quantitative estimate of drug-likeness (QED) is 0.798. The van der Waals surface area contributed by atoms with Gasteiger partial charge >= 0.3 is 0 Å². The Morgan fingerprint density at radius 1 is 1.40 bits per heavy atom. The van der Waals surface area contributed by atoms with Crippen LogP contribution in [0, 0.1) is 5.41 Å². The first-order valence-corrected chi connectivity index (χ1v) is 5.99. The van der Waals surface area contributed by atoms with Crippen LogP contribution in [0.4, 0.5) is 0 Å². The summed E-state index contributed by atoms with van der Waals surface area (Å²) in [6.07, 6.45) is 10.5. The van der Waals surface area contributed by atoms with Gasteiger partial charge in [-0.3, -0.25) is 4.98 Å². The van der Waals surface area contributed by atoms with Gasteiger partial charge < -0.3 is 5.73 Å². The van der Waals surface area contributed by atoms with Crippen molar-refractivity contribution < 1.29 is 0 Å². The van der Waals surface area contributed by atoms with Gasteiger partial charge in [0.05, 0.1) is 0 Å². The van der Waals surface area contributed by atoms with Gasteiger partial charge in [-0.25, -0.2) is 0 Å². The standard InChI is InChI=1S/C13H18N2/c14-7-2-12-11-3-8-15-9-10(11)1-4-13(12)5-6-13/h3,8-9,12H,1-2,4-7,14H2. The maximum absolute atomic E-state index is 5.75. The summed E-state index contributed by atoms with van der Waals surface area (Å²) in [6.45, 7) is 0.814. The molecule has 2 N–H and O–H groups in total. The highest BCUT2D eigenvalue weighted by Gasteiger charge is 2.51. The summed E-state index contributed by atoms with van der Waals surface area (Å²) in [5, 5.41) is 0. The fraction of sp³-hybridized carbons (Fsp3) is 0.615. The van der Waals surface area contributed by atoms with Gasteiger partial charge in [0, 0.05) is 12.4 Å². The number of fused-ring (bicyclic) bond motifs is 1. The summed E-state index contributed by atoms with van der Waals surface area (Å²) >= 11 is 0. The molecule has 2 aliphatic rings. The molecular formula is C13H18N2. The van der Waals surface area contributed by atoms with Crippen LogP contribution in [-0.4, -0.2) is 11.5 Å². The molecule has 2 heteroatoms. The molecule has 1 aromatic rings. The number of nitrogens with zero attached hydrogens (tertiary/aromatic N) is 1. The Balaban J connectivity index is 2.00. The highest BCUT2D eigenvalue weighted by molar-refractivity contribution is 5.34. The van der Waals surface area contributed by atoms with Gasteiger partial charge in [0.2, 0.25) is 0 Å². The highest BCUT2D eigenvalue weighted by atomic mass is 14.6. The Hall–Kier alpha value is -0.890. The maximum atomic E-state index is 5.75. The van der Waals surface area contributed by atoms with Crippen molar-refractivity contribution in [2.24, 2.45) is 11.1 Å². The first-order chi connectivity index (χ1) is 7.36. The molecular weight excluding hydrogens is 184 g/mol. The average molecular weight is 202 g/mol. The van der Waals surface area contributed by atoms with E-state index in [1.807, 2.05) is 12.4 Å². The Bertz CT molecular complexity index is 369. The van der Waals surface area contributed by atoms with Crippen LogP contribution < -0.4 is 5.73 Å². The fourth-order valence-electron chi connectivity index (χ4n) is 3.26. The second-order valence-electron chi connectivity index (χ2n) is 5.07. The summed E-state index contributed by atoms with van der Waals surface area (Å²) in [7, 11) is 0. The van der Waals surface area contributed by atoms with Gasteiger partial charge in [-0.15, -0.1) is 0 Å². The topological polar surface area (TPSA) is 38.9 Å². The molecule has 1 aromatic heterocycles. The Labute approximate surface area is 90.9 Å². The molecule has 1 fully saturated rings. The molecule has 0 bridgehead atoms. The monoisotopic (exact) mass is 202 g/mol. The number of hydrogen-bond donors (Lipinski definition) is 1. The fourth-order valence-corrected chi connectivity index (χ4v) is 3.26. The zero-order valence-electron chi connectivity index (χ0n) is 9.08. The molecule has 0 aromatic carbocycles. The van der Waals surface area contributed by atoms with Gasteiger partial charge in [0.1, 0.15) is 0 Å². The zero-order chi connectivity index (χ0) is 10.3. The lowest BCUT2D eigenvalue weighted by atomic mass is 9.71. The van der Waals surface area contributed by atoms with Gasteiger partial charge in [-0.1, -0.05) is 0 Å². The van der Waals surface area contributed by atoms with Crippen LogP contribution in [0.3, 0.4) is 0 Å². The van der Waals surface area contributed by atoms with Crippen molar-refractivity contribution in [1.82, 2.24) is 4.98 Å². The lowest BCUT2D eigenvalue weighted by Gasteiger charge is -2.33. The lowest BCUT2D eigenvalue weighted by Crippen LogP contribution is -2.24. The minimum Gasteiger partial charge on any atom is -0.330 e. The lowest BCUT2D eigenvalue weighted by molar-refractivity contribution is 0.333. The minimum atomic E-state index is 0.633. The number of nitrogens with two attached hydrogens (primary N) is 1. The van der Waals surface area contributed by atoms with Crippen LogP contribution in [0.25, 0.3) is 0 Å². The molecule has 80 valence electrons. The van der Waals surface area contributed by atoms with E-state index < -0.39 is 0 Å².